The van der Waals surface area contributed by atoms with Crippen molar-refractivity contribution in [2.24, 2.45) is 5.73 Å². The Morgan fingerprint density at radius 2 is 1.77 bits per heavy atom. The average molecular weight is 373 g/mol. The summed E-state index contributed by atoms with van der Waals surface area (Å²) in [6.45, 7) is 1.93. The minimum absolute atomic E-state index is 0.117. The van der Waals surface area contributed by atoms with Crippen LogP contribution in [0.25, 0.3) is 0 Å². The monoisotopic (exact) mass is 372 g/mol. The SMILES string of the molecule is N[C@@H](Cc1ccccc1)C(=O)NCC1(c2ccc(Cl)cc2)CCOCC1. The molecule has 0 spiro atoms. The van der Waals surface area contributed by atoms with E-state index in [9.17, 15) is 4.79 Å². The van der Waals surface area contributed by atoms with E-state index < -0.39 is 6.04 Å². The molecule has 0 aliphatic carbocycles. The van der Waals surface area contributed by atoms with E-state index in [1.165, 1.54) is 5.56 Å². The number of halogens is 1. The van der Waals surface area contributed by atoms with Crippen molar-refractivity contribution >= 4 is 17.5 Å². The lowest BCUT2D eigenvalue weighted by Crippen LogP contribution is -2.49. The van der Waals surface area contributed by atoms with E-state index in [0.29, 0.717) is 31.2 Å². The largest absolute Gasteiger partial charge is 0.381 e. The van der Waals surface area contributed by atoms with Crippen LogP contribution in [0.3, 0.4) is 0 Å². The highest BCUT2D eigenvalue weighted by atomic mass is 35.5. The molecule has 2 aromatic carbocycles. The van der Waals surface area contributed by atoms with Crippen LogP contribution in [-0.4, -0.2) is 31.7 Å². The van der Waals surface area contributed by atoms with Crippen LogP contribution in [0, 0.1) is 0 Å². The van der Waals surface area contributed by atoms with E-state index in [0.717, 1.165) is 18.4 Å². The van der Waals surface area contributed by atoms with Crippen LogP contribution >= 0.6 is 11.6 Å². The summed E-state index contributed by atoms with van der Waals surface area (Å²) in [5, 5.41) is 3.79. The van der Waals surface area contributed by atoms with Gasteiger partial charge >= 0.3 is 0 Å². The Bertz CT molecular complexity index is 713. The number of nitrogens with one attached hydrogen (secondary N) is 1. The molecule has 2 aromatic rings. The molecule has 3 rings (SSSR count). The van der Waals surface area contributed by atoms with E-state index in [4.69, 9.17) is 22.1 Å². The molecule has 1 heterocycles. The van der Waals surface area contributed by atoms with Crippen molar-refractivity contribution in [3.05, 3.63) is 70.7 Å². The Morgan fingerprint density at radius 1 is 1.12 bits per heavy atom. The van der Waals surface area contributed by atoms with E-state index >= 15 is 0 Å². The highest BCUT2D eigenvalue weighted by Gasteiger charge is 2.35. The Hall–Kier alpha value is -1.88. The fraction of sp³-hybridized carbons (Fsp3) is 0.381. The summed E-state index contributed by atoms with van der Waals surface area (Å²) in [6.07, 6.45) is 2.26. The van der Waals surface area contributed by atoms with Gasteiger partial charge in [0.1, 0.15) is 0 Å². The zero-order valence-corrected chi connectivity index (χ0v) is 15.5. The van der Waals surface area contributed by atoms with E-state index in [-0.39, 0.29) is 11.3 Å². The van der Waals surface area contributed by atoms with Crippen LogP contribution in [0.5, 0.6) is 0 Å². The summed E-state index contributed by atoms with van der Waals surface area (Å²) in [4.78, 5) is 12.5. The van der Waals surface area contributed by atoms with Crippen molar-refractivity contribution in [2.45, 2.75) is 30.7 Å². The molecular weight excluding hydrogens is 348 g/mol. The molecule has 0 saturated carbocycles. The van der Waals surface area contributed by atoms with Crippen LogP contribution in [-0.2, 0) is 21.4 Å². The van der Waals surface area contributed by atoms with Gasteiger partial charge in [0.05, 0.1) is 6.04 Å². The molecule has 4 nitrogen and oxygen atoms in total. The van der Waals surface area contributed by atoms with Gasteiger partial charge in [0, 0.05) is 30.2 Å². The Kier molecular flexibility index (Phi) is 6.30. The second kappa shape index (κ2) is 8.67. The Morgan fingerprint density at radius 3 is 2.42 bits per heavy atom. The molecule has 3 N–H and O–H groups in total. The first-order chi connectivity index (χ1) is 12.6. The number of carbonyl (C=O) groups excluding carboxylic acids is 1. The fourth-order valence-electron chi connectivity index (χ4n) is 3.48. The van der Waals surface area contributed by atoms with Gasteiger partial charge < -0.3 is 15.8 Å². The third-order valence-electron chi connectivity index (χ3n) is 5.14. The highest BCUT2D eigenvalue weighted by molar-refractivity contribution is 6.30. The predicted octanol–water partition coefficient (Wildman–Crippen LogP) is 3.07. The fourth-order valence-corrected chi connectivity index (χ4v) is 3.61. The molecule has 0 aromatic heterocycles. The number of ether oxygens (including phenoxy) is 1. The Balaban J connectivity index is 1.65. The second-order valence-corrected chi connectivity index (χ2v) is 7.35. The maximum Gasteiger partial charge on any atom is 0.237 e. The van der Waals surface area contributed by atoms with Gasteiger partial charge in [0.25, 0.3) is 0 Å². The van der Waals surface area contributed by atoms with Crippen molar-refractivity contribution in [2.75, 3.05) is 19.8 Å². The lowest BCUT2D eigenvalue weighted by molar-refractivity contribution is -0.122. The first-order valence-corrected chi connectivity index (χ1v) is 9.38. The average Bonchev–Trinajstić information content (AvgIpc) is 2.68. The predicted molar refractivity (Wildman–Crippen MR) is 104 cm³/mol. The van der Waals surface area contributed by atoms with Gasteiger partial charge in [-0.25, -0.2) is 0 Å². The summed E-state index contributed by atoms with van der Waals surface area (Å²) >= 11 is 6.03. The van der Waals surface area contributed by atoms with Crippen LogP contribution in [0.4, 0.5) is 0 Å². The maximum absolute atomic E-state index is 12.5. The number of nitrogens with two attached hydrogens (primary N) is 1. The van der Waals surface area contributed by atoms with Gasteiger partial charge in [-0.05, 0) is 42.5 Å². The van der Waals surface area contributed by atoms with Crippen LogP contribution in [0.1, 0.15) is 24.0 Å². The molecular formula is C21H25ClN2O2. The summed E-state index contributed by atoms with van der Waals surface area (Å²) < 4.78 is 5.54. The van der Waals surface area contributed by atoms with E-state index in [2.05, 4.69) is 5.32 Å². The Labute approximate surface area is 159 Å². The molecule has 0 radical (unpaired) electrons. The van der Waals surface area contributed by atoms with Crippen LogP contribution in [0.2, 0.25) is 5.02 Å². The number of carbonyl (C=O) groups is 1. The number of rotatable bonds is 6. The van der Waals surface area contributed by atoms with Crippen molar-refractivity contribution < 1.29 is 9.53 Å². The summed E-state index contributed by atoms with van der Waals surface area (Å²) in [7, 11) is 0. The first kappa shape index (κ1) is 18.9. The molecule has 1 aliphatic heterocycles. The molecule has 138 valence electrons. The lowest BCUT2D eigenvalue weighted by Gasteiger charge is -2.38. The van der Waals surface area contributed by atoms with Gasteiger partial charge in [0.2, 0.25) is 5.91 Å². The van der Waals surface area contributed by atoms with Crippen molar-refractivity contribution in [1.29, 1.82) is 0 Å². The lowest BCUT2D eigenvalue weighted by atomic mass is 9.74. The zero-order chi connectivity index (χ0) is 18.4. The first-order valence-electron chi connectivity index (χ1n) is 9.00. The molecule has 0 bridgehead atoms. The van der Waals surface area contributed by atoms with Crippen LogP contribution in [0.15, 0.2) is 54.6 Å². The number of amides is 1. The second-order valence-electron chi connectivity index (χ2n) is 6.91. The van der Waals surface area contributed by atoms with Crippen molar-refractivity contribution in [3.8, 4) is 0 Å². The number of hydrogen-bond acceptors (Lipinski definition) is 3. The standard InChI is InChI=1S/C21H25ClN2O2/c22-18-8-6-17(7-9-18)21(10-12-26-13-11-21)15-24-20(25)19(23)14-16-4-2-1-3-5-16/h1-9,19H,10-15,23H2,(H,24,25)/t19-/m0/s1. The molecule has 0 unspecified atom stereocenters. The summed E-state index contributed by atoms with van der Waals surface area (Å²) in [5.74, 6) is -0.117. The van der Waals surface area contributed by atoms with Gasteiger partial charge in [0.15, 0.2) is 0 Å². The summed E-state index contributed by atoms with van der Waals surface area (Å²) in [6, 6.07) is 17.2. The molecule has 1 fully saturated rings. The van der Waals surface area contributed by atoms with Gasteiger partial charge in [-0.1, -0.05) is 54.1 Å². The minimum Gasteiger partial charge on any atom is -0.381 e. The molecule has 1 atom stereocenters. The third kappa shape index (κ3) is 4.64. The normalized spacial score (nSPS) is 17.5. The molecule has 1 saturated heterocycles. The maximum atomic E-state index is 12.5. The topological polar surface area (TPSA) is 64.4 Å². The third-order valence-corrected chi connectivity index (χ3v) is 5.39. The van der Waals surface area contributed by atoms with Crippen molar-refractivity contribution in [3.63, 3.8) is 0 Å². The molecule has 1 amide bonds. The molecule has 1 aliphatic rings. The van der Waals surface area contributed by atoms with Gasteiger partial charge in [-0.15, -0.1) is 0 Å². The number of benzene rings is 2. The van der Waals surface area contributed by atoms with E-state index in [1.54, 1.807) is 0 Å². The molecule has 5 heteroatoms. The highest BCUT2D eigenvalue weighted by Crippen LogP contribution is 2.34. The van der Waals surface area contributed by atoms with Crippen molar-refractivity contribution in [1.82, 2.24) is 5.32 Å². The van der Waals surface area contributed by atoms with Gasteiger partial charge in [-0.2, -0.15) is 0 Å². The smallest absolute Gasteiger partial charge is 0.237 e. The quantitative estimate of drug-likeness (QED) is 0.819. The molecule has 26 heavy (non-hydrogen) atoms. The zero-order valence-electron chi connectivity index (χ0n) is 14.8. The van der Waals surface area contributed by atoms with E-state index in [1.807, 2.05) is 54.6 Å². The minimum atomic E-state index is -0.556. The van der Waals surface area contributed by atoms with Crippen LogP contribution < -0.4 is 11.1 Å². The number of hydrogen-bond donors (Lipinski definition) is 2. The van der Waals surface area contributed by atoms with Gasteiger partial charge in [-0.3, -0.25) is 4.79 Å². The summed E-state index contributed by atoms with van der Waals surface area (Å²) in [5.41, 5.74) is 8.22.